The van der Waals surface area contributed by atoms with E-state index in [2.05, 4.69) is 0 Å². The van der Waals surface area contributed by atoms with Gasteiger partial charge in [0.25, 0.3) is 0 Å². The Bertz CT molecular complexity index is 1080. The lowest BCUT2D eigenvalue weighted by molar-refractivity contribution is 0.0286. The van der Waals surface area contributed by atoms with Crippen LogP contribution in [0.25, 0.3) is 11.1 Å². The number of rotatable bonds is 2. The summed E-state index contributed by atoms with van der Waals surface area (Å²) in [6, 6.07) is 15.6. The number of ether oxygens (including phenoxy) is 1. The summed E-state index contributed by atoms with van der Waals surface area (Å²) in [5.41, 5.74) is 3.09. The second-order valence-corrected chi connectivity index (χ2v) is 11.0. The van der Waals surface area contributed by atoms with Crippen LogP contribution in [0.1, 0.15) is 32.8 Å². The molecule has 4 rings (SSSR count). The number of carbonyl (C=O) groups is 1. The van der Waals surface area contributed by atoms with Crippen molar-refractivity contribution in [2.45, 2.75) is 45.4 Å². The first-order chi connectivity index (χ1) is 14.6. The summed E-state index contributed by atoms with van der Waals surface area (Å²) >= 11 is 0. The molecule has 2 aliphatic heterocycles. The van der Waals surface area contributed by atoms with Gasteiger partial charge in [0.1, 0.15) is 5.60 Å². The monoisotopic (exact) mass is 443 g/mol. The molecule has 0 spiro atoms. The predicted octanol–water partition coefficient (Wildman–Crippen LogP) is 3.86. The van der Waals surface area contributed by atoms with E-state index in [1.165, 1.54) is 8.61 Å². The molecule has 0 N–H and O–H groups in total. The van der Waals surface area contributed by atoms with Crippen LogP contribution in [0.4, 0.5) is 10.5 Å². The van der Waals surface area contributed by atoms with Crippen molar-refractivity contribution in [3.8, 4) is 11.1 Å². The van der Waals surface area contributed by atoms with Crippen LogP contribution in [-0.2, 0) is 21.5 Å². The van der Waals surface area contributed by atoms with Gasteiger partial charge < -0.3 is 9.64 Å². The summed E-state index contributed by atoms with van der Waals surface area (Å²) < 4.78 is 35.0. The van der Waals surface area contributed by atoms with Gasteiger partial charge in [-0.1, -0.05) is 42.5 Å². The van der Waals surface area contributed by atoms with Crippen LogP contribution < -0.4 is 4.31 Å². The Morgan fingerprint density at radius 1 is 1.06 bits per heavy atom. The zero-order valence-corrected chi connectivity index (χ0v) is 19.2. The van der Waals surface area contributed by atoms with E-state index >= 15 is 0 Å². The molecule has 0 saturated carbocycles. The third-order valence-electron chi connectivity index (χ3n) is 5.72. The summed E-state index contributed by atoms with van der Waals surface area (Å²) in [5.74, 6) is 0. The highest BCUT2D eigenvalue weighted by atomic mass is 32.2. The first-order valence-corrected chi connectivity index (χ1v) is 11.9. The van der Waals surface area contributed by atoms with Gasteiger partial charge in [0.2, 0.25) is 0 Å². The topological polar surface area (TPSA) is 70.2 Å². The summed E-state index contributed by atoms with van der Waals surface area (Å²) in [4.78, 5) is 14.0. The largest absolute Gasteiger partial charge is 0.444 e. The first kappa shape index (κ1) is 21.6. The lowest BCUT2D eigenvalue weighted by Gasteiger charge is -2.38. The van der Waals surface area contributed by atoms with Crippen molar-refractivity contribution in [2.24, 2.45) is 0 Å². The quantitative estimate of drug-likeness (QED) is 0.707. The SMILES string of the molecule is CN1c2cc(-c3ccccc3)ccc2CN(C2CCN(C(=O)OC(C)(C)C)C2)S1(=O)=O. The van der Waals surface area contributed by atoms with Crippen LogP contribution in [0.2, 0.25) is 0 Å². The van der Waals surface area contributed by atoms with Gasteiger partial charge in [0.05, 0.1) is 5.69 Å². The summed E-state index contributed by atoms with van der Waals surface area (Å²) in [5, 5.41) is 0. The van der Waals surface area contributed by atoms with Crippen LogP contribution in [-0.4, -0.2) is 55.5 Å². The molecule has 0 aromatic heterocycles. The predicted molar refractivity (Wildman–Crippen MR) is 121 cm³/mol. The maximum Gasteiger partial charge on any atom is 0.410 e. The lowest BCUT2D eigenvalue weighted by Crippen LogP contribution is -2.51. The highest BCUT2D eigenvalue weighted by molar-refractivity contribution is 7.90. The van der Waals surface area contributed by atoms with Crippen molar-refractivity contribution >= 4 is 22.0 Å². The fourth-order valence-electron chi connectivity index (χ4n) is 4.12. The average Bonchev–Trinajstić information content (AvgIpc) is 3.20. The Morgan fingerprint density at radius 3 is 2.45 bits per heavy atom. The van der Waals surface area contributed by atoms with Crippen LogP contribution in [0, 0.1) is 0 Å². The van der Waals surface area contributed by atoms with Gasteiger partial charge in [0.15, 0.2) is 0 Å². The molecule has 0 radical (unpaired) electrons. The molecule has 7 nitrogen and oxygen atoms in total. The Morgan fingerprint density at radius 2 is 1.77 bits per heavy atom. The summed E-state index contributed by atoms with van der Waals surface area (Å²) in [7, 11) is -2.10. The number of nitrogens with zero attached hydrogens (tertiary/aromatic N) is 3. The fourth-order valence-corrected chi connectivity index (χ4v) is 5.70. The minimum Gasteiger partial charge on any atom is -0.444 e. The van der Waals surface area contributed by atoms with Gasteiger partial charge in [-0.3, -0.25) is 4.31 Å². The second kappa shape index (κ2) is 7.84. The van der Waals surface area contributed by atoms with E-state index < -0.39 is 21.9 Å². The number of hydrogen-bond donors (Lipinski definition) is 0. The maximum absolute atomic E-state index is 13.3. The zero-order valence-electron chi connectivity index (χ0n) is 18.4. The maximum atomic E-state index is 13.3. The summed E-state index contributed by atoms with van der Waals surface area (Å²) in [6.07, 6.45) is 0.190. The summed E-state index contributed by atoms with van der Waals surface area (Å²) in [6.45, 7) is 6.58. The molecular formula is C23H29N3O4S. The highest BCUT2D eigenvalue weighted by Crippen LogP contribution is 2.37. The van der Waals surface area contributed by atoms with E-state index in [0.29, 0.717) is 31.7 Å². The Labute approximate surface area is 184 Å². The van der Waals surface area contributed by atoms with Crippen LogP contribution >= 0.6 is 0 Å². The minimum atomic E-state index is -3.69. The van der Waals surface area contributed by atoms with E-state index in [1.54, 1.807) is 11.9 Å². The molecule has 2 heterocycles. The molecule has 1 atom stereocenters. The number of benzene rings is 2. The molecule has 1 amide bonds. The smallest absolute Gasteiger partial charge is 0.410 e. The molecule has 31 heavy (non-hydrogen) atoms. The Balaban J connectivity index is 1.57. The lowest BCUT2D eigenvalue weighted by atomic mass is 10.0. The minimum absolute atomic E-state index is 0.276. The van der Waals surface area contributed by atoms with Crippen LogP contribution in [0.15, 0.2) is 48.5 Å². The molecule has 2 aromatic carbocycles. The van der Waals surface area contributed by atoms with E-state index in [4.69, 9.17) is 4.74 Å². The number of hydrogen-bond acceptors (Lipinski definition) is 4. The van der Waals surface area contributed by atoms with Gasteiger partial charge >= 0.3 is 16.3 Å². The van der Waals surface area contributed by atoms with Crippen molar-refractivity contribution < 1.29 is 17.9 Å². The van der Waals surface area contributed by atoms with E-state index in [-0.39, 0.29) is 6.04 Å². The second-order valence-electron chi connectivity index (χ2n) is 9.10. The van der Waals surface area contributed by atoms with Crippen LogP contribution in [0.3, 0.4) is 0 Å². The molecule has 2 aliphatic rings. The Hall–Kier alpha value is -2.58. The van der Waals surface area contributed by atoms with Crippen molar-refractivity contribution in [1.29, 1.82) is 0 Å². The van der Waals surface area contributed by atoms with Gasteiger partial charge in [-0.2, -0.15) is 12.7 Å². The van der Waals surface area contributed by atoms with Gasteiger partial charge in [-0.25, -0.2) is 4.79 Å². The number of amides is 1. The van der Waals surface area contributed by atoms with Crippen molar-refractivity contribution in [3.63, 3.8) is 0 Å². The molecular weight excluding hydrogens is 414 g/mol. The fraction of sp³-hybridized carbons (Fsp3) is 0.435. The number of likely N-dealkylation sites (tertiary alicyclic amines) is 1. The highest BCUT2D eigenvalue weighted by Gasteiger charge is 2.42. The van der Waals surface area contributed by atoms with Gasteiger partial charge in [-0.05, 0) is 49.9 Å². The van der Waals surface area contributed by atoms with Crippen molar-refractivity contribution in [2.75, 3.05) is 24.4 Å². The van der Waals surface area contributed by atoms with Gasteiger partial charge in [0, 0.05) is 32.7 Å². The van der Waals surface area contributed by atoms with Crippen LogP contribution in [0.5, 0.6) is 0 Å². The normalized spacial score (nSPS) is 21.1. The third-order valence-corrected chi connectivity index (χ3v) is 7.63. The third kappa shape index (κ3) is 4.27. The molecule has 1 saturated heterocycles. The molecule has 0 bridgehead atoms. The molecule has 1 unspecified atom stereocenters. The molecule has 0 aliphatic carbocycles. The first-order valence-electron chi connectivity index (χ1n) is 10.5. The molecule has 2 aromatic rings. The molecule has 166 valence electrons. The zero-order chi connectivity index (χ0) is 22.4. The van der Waals surface area contributed by atoms with E-state index in [0.717, 1.165) is 16.7 Å². The standard InChI is InChI=1S/C23H29N3O4S/c1-23(2,3)30-22(27)25-13-12-20(16-25)26-15-19-11-10-18(17-8-6-5-7-9-17)14-21(19)24(4)31(26,28)29/h5-11,14,20H,12-13,15-16H2,1-4H3. The van der Waals surface area contributed by atoms with Gasteiger partial charge in [-0.15, -0.1) is 0 Å². The van der Waals surface area contributed by atoms with E-state index in [1.807, 2.05) is 69.3 Å². The molecule has 1 fully saturated rings. The molecule has 8 heteroatoms. The number of fused-ring (bicyclic) bond motifs is 1. The number of anilines is 1. The van der Waals surface area contributed by atoms with E-state index in [9.17, 15) is 13.2 Å². The Kier molecular flexibility index (Phi) is 5.47. The van der Waals surface area contributed by atoms with Crippen molar-refractivity contribution in [1.82, 2.24) is 9.21 Å². The average molecular weight is 444 g/mol. The van der Waals surface area contributed by atoms with Crippen molar-refractivity contribution in [3.05, 3.63) is 54.1 Å². The number of carbonyl (C=O) groups excluding carboxylic acids is 1.